The van der Waals surface area contributed by atoms with Crippen molar-refractivity contribution in [3.8, 4) is 0 Å². The molecule has 2 N–H and O–H groups in total. The Morgan fingerprint density at radius 2 is 2.15 bits per heavy atom. The first kappa shape index (κ1) is 12.3. The van der Waals surface area contributed by atoms with Crippen LogP contribution < -0.4 is 5.32 Å². The van der Waals surface area contributed by atoms with Crippen molar-refractivity contribution in [1.82, 2.24) is 15.2 Å². The average molecular weight is 274 g/mol. The molecule has 0 bridgehead atoms. The summed E-state index contributed by atoms with van der Waals surface area (Å²) in [5, 5.41) is 18.9. The van der Waals surface area contributed by atoms with Gasteiger partial charge in [-0.05, 0) is 25.0 Å². The van der Waals surface area contributed by atoms with Crippen molar-refractivity contribution in [1.29, 1.82) is 0 Å². The maximum atomic E-state index is 12.0. The van der Waals surface area contributed by atoms with Crippen molar-refractivity contribution < 1.29 is 19.1 Å². The number of carbonyl (C=O) groups is 2. The summed E-state index contributed by atoms with van der Waals surface area (Å²) in [5.74, 6) is -1.17. The van der Waals surface area contributed by atoms with Gasteiger partial charge in [0.1, 0.15) is 5.69 Å². The van der Waals surface area contributed by atoms with Gasteiger partial charge in [-0.2, -0.15) is 0 Å². The Kier molecular flexibility index (Phi) is 2.90. The second-order valence-electron chi connectivity index (χ2n) is 4.38. The molecule has 1 aliphatic rings. The Labute approximate surface area is 112 Å². The number of carboxylic acids is 1. The highest BCUT2D eigenvalue weighted by molar-refractivity contribution is 6.08. The zero-order valence-corrected chi connectivity index (χ0v) is 10.2. The summed E-state index contributed by atoms with van der Waals surface area (Å²) in [6.45, 7) is 0. The predicted molar refractivity (Wildman–Crippen MR) is 65.4 cm³/mol. The zero-order valence-electron chi connectivity index (χ0n) is 10.2. The summed E-state index contributed by atoms with van der Waals surface area (Å²) in [6, 6.07) is 2.69. The van der Waals surface area contributed by atoms with E-state index in [9.17, 15) is 9.59 Å². The lowest BCUT2D eigenvalue weighted by Gasteiger charge is -2.02. The van der Waals surface area contributed by atoms with E-state index in [0.717, 1.165) is 12.8 Å². The molecule has 0 aliphatic heterocycles. The second-order valence-corrected chi connectivity index (χ2v) is 4.38. The fraction of sp³-hybridized carbons (Fsp3) is 0.250. The number of hydrogen-bond acceptors (Lipinski definition) is 6. The number of nitrogens with zero attached hydrogens (tertiary/aromatic N) is 3. The first-order valence-corrected chi connectivity index (χ1v) is 5.98. The number of pyridine rings is 1. The van der Waals surface area contributed by atoms with Crippen LogP contribution in [-0.2, 0) is 0 Å². The van der Waals surface area contributed by atoms with E-state index >= 15 is 0 Å². The molecule has 20 heavy (non-hydrogen) atoms. The van der Waals surface area contributed by atoms with Gasteiger partial charge >= 0.3 is 12.0 Å². The van der Waals surface area contributed by atoms with Crippen LogP contribution in [0, 0.1) is 0 Å². The van der Waals surface area contributed by atoms with Gasteiger partial charge in [0, 0.05) is 12.1 Å². The lowest BCUT2D eigenvalue weighted by molar-refractivity contribution is 0.0691. The van der Waals surface area contributed by atoms with Crippen molar-refractivity contribution >= 4 is 17.9 Å². The molecule has 3 rings (SSSR count). The summed E-state index contributed by atoms with van der Waals surface area (Å²) < 4.78 is 5.27. The minimum atomic E-state index is -1.23. The van der Waals surface area contributed by atoms with Gasteiger partial charge in [0.25, 0.3) is 5.91 Å². The number of hydrogen-bond donors (Lipinski definition) is 2. The quantitative estimate of drug-likeness (QED) is 0.862. The van der Waals surface area contributed by atoms with Crippen LogP contribution in [0.1, 0.15) is 45.5 Å². The smallest absolute Gasteiger partial charge is 0.338 e. The third-order valence-corrected chi connectivity index (χ3v) is 2.84. The van der Waals surface area contributed by atoms with Gasteiger partial charge < -0.3 is 9.52 Å². The molecule has 0 atom stereocenters. The summed E-state index contributed by atoms with van der Waals surface area (Å²) in [6.07, 6.45) is 3.34. The Balaban J connectivity index is 1.80. The van der Waals surface area contributed by atoms with E-state index in [1.807, 2.05) is 0 Å². The largest absolute Gasteiger partial charge is 0.478 e. The van der Waals surface area contributed by atoms with E-state index in [4.69, 9.17) is 9.52 Å². The van der Waals surface area contributed by atoms with Crippen LogP contribution in [0.4, 0.5) is 6.01 Å². The second kappa shape index (κ2) is 4.72. The van der Waals surface area contributed by atoms with E-state index < -0.39 is 11.9 Å². The maximum Gasteiger partial charge on any atom is 0.338 e. The number of carbonyl (C=O) groups excluding carboxylic acids is 1. The molecule has 0 spiro atoms. The number of carboxylic acid groups (broad SMARTS) is 1. The van der Waals surface area contributed by atoms with Crippen molar-refractivity contribution in [3.63, 3.8) is 0 Å². The number of nitrogens with one attached hydrogen (secondary N) is 1. The van der Waals surface area contributed by atoms with Gasteiger partial charge in [0.2, 0.25) is 5.89 Å². The van der Waals surface area contributed by atoms with Gasteiger partial charge in [-0.1, -0.05) is 5.10 Å². The molecule has 0 unspecified atom stereocenters. The van der Waals surface area contributed by atoms with Crippen LogP contribution in [0.3, 0.4) is 0 Å². The van der Waals surface area contributed by atoms with Gasteiger partial charge in [0.05, 0.1) is 5.56 Å². The van der Waals surface area contributed by atoms with Crippen molar-refractivity contribution in [2.24, 2.45) is 0 Å². The zero-order chi connectivity index (χ0) is 14.1. The number of anilines is 1. The molecule has 0 radical (unpaired) electrons. The fourth-order valence-corrected chi connectivity index (χ4v) is 1.70. The Morgan fingerprint density at radius 3 is 2.85 bits per heavy atom. The average Bonchev–Trinajstić information content (AvgIpc) is 3.19. The monoisotopic (exact) mass is 274 g/mol. The number of amides is 1. The van der Waals surface area contributed by atoms with E-state index in [2.05, 4.69) is 20.5 Å². The molecule has 1 saturated carbocycles. The SMILES string of the molecule is O=C(O)c1cccnc1C(=O)Nc1nnc(C2CC2)o1. The summed E-state index contributed by atoms with van der Waals surface area (Å²) in [5.41, 5.74) is -0.391. The summed E-state index contributed by atoms with van der Waals surface area (Å²) >= 11 is 0. The first-order valence-electron chi connectivity index (χ1n) is 5.98. The maximum absolute atomic E-state index is 12.0. The lowest BCUT2D eigenvalue weighted by atomic mass is 10.2. The highest BCUT2D eigenvalue weighted by Crippen LogP contribution is 2.39. The molecule has 1 amide bonds. The molecule has 102 valence electrons. The molecular weight excluding hydrogens is 264 g/mol. The number of aromatic nitrogens is 3. The van der Waals surface area contributed by atoms with Crippen molar-refractivity contribution in [3.05, 3.63) is 35.5 Å². The van der Waals surface area contributed by atoms with Crippen LogP contribution in [0.5, 0.6) is 0 Å². The van der Waals surface area contributed by atoms with E-state index in [1.165, 1.54) is 18.3 Å². The van der Waals surface area contributed by atoms with Crippen LogP contribution in [0.15, 0.2) is 22.7 Å². The molecule has 2 heterocycles. The molecular formula is C12H10N4O4. The van der Waals surface area contributed by atoms with Crippen LogP contribution in [0.2, 0.25) is 0 Å². The Hall–Kier alpha value is -2.77. The van der Waals surface area contributed by atoms with Gasteiger partial charge in [-0.15, -0.1) is 5.10 Å². The topological polar surface area (TPSA) is 118 Å². The molecule has 1 fully saturated rings. The standard InChI is InChI=1S/C12H10N4O4/c17-9(8-7(11(18)19)2-1-5-13-8)14-12-16-15-10(20-12)6-3-4-6/h1-2,5-6H,3-4H2,(H,18,19)(H,14,16,17). The van der Waals surface area contributed by atoms with Crippen LogP contribution in [0.25, 0.3) is 0 Å². The molecule has 8 heteroatoms. The van der Waals surface area contributed by atoms with Crippen molar-refractivity contribution in [2.75, 3.05) is 5.32 Å². The van der Waals surface area contributed by atoms with E-state index in [1.54, 1.807) is 0 Å². The third kappa shape index (κ3) is 2.35. The molecule has 0 aromatic carbocycles. The molecule has 1 aliphatic carbocycles. The van der Waals surface area contributed by atoms with E-state index in [0.29, 0.717) is 5.89 Å². The molecule has 8 nitrogen and oxygen atoms in total. The fourth-order valence-electron chi connectivity index (χ4n) is 1.70. The van der Waals surface area contributed by atoms with E-state index in [-0.39, 0.29) is 23.2 Å². The summed E-state index contributed by atoms with van der Waals surface area (Å²) in [7, 11) is 0. The van der Waals surface area contributed by atoms with Gasteiger partial charge in [-0.25, -0.2) is 4.79 Å². The Morgan fingerprint density at radius 1 is 1.35 bits per heavy atom. The van der Waals surface area contributed by atoms with Gasteiger partial charge in [0.15, 0.2) is 0 Å². The number of rotatable bonds is 4. The van der Waals surface area contributed by atoms with Crippen molar-refractivity contribution in [2.45, 2.75) is 18.8 Å². The predicted octanol–water partition coefficient (Wildman–Crippen LogP) is 1.29. The van der Waals surface area contributed by atoms with Gasteiger partial charge in [-0.3, -0.25) is 15.1 Å². The lowest BCUT2D eigenvalue weighted by Crippen LogP contribution is -2.18. The first-order chi connectivity index (χ1) is 9.65. The third-order valence-electron chi connectivity index (χ3n) is 2.84. The highest BCUT2D eigenvalue weighted by atomic mass is 16.4. The Bertz CT molecular complexity index is 678. The van der Waals surface area contributed by atoms with Crippen LogP contribution in [-0.4, -0.2) is 32.2 Å². The highest BCUT2D eigenvalue weighted by Gasteiger charge is 2.30. The minimum absolute atomic E-state index is 0.0566. The summed E-state index contributed by atoms with van der Waals surface area (Å²) in [4.78, 5) is 26.7. The molecule has 2 aromatic heterocycles. The number of aromatic carboxylic acids is 1. The molecule has 0 saturated heterocycles. The van der Waals surface area contributed by atoms with Crippen LogP contribution >= 0.6 is 0 Å². The normalized spacial score (nSPS) is 14.0. The molecule has 2 aromatic rings. The minimum Gasteiger partial charge on any atom is -0.478 e.